The van der Waals surface area contributed by atoms with Gasteiger partial charge in [-0.05, 0) is 24.3 Å². The van der Waals surface area contributed by atoms with Crippen molar-refractivity contribution in [3.63, 3.8) is 0 Å². The van der Waals surface area contributed by atoms with E-state index in [1.807, 2.05) is 91.0 Å². The van der Waals surface area contributed by atoms with Crippen LogP contribution in [0.5, 0.6) is 5.75 Å². The molecule has 1 heterocycles. The number of nitrogens with zero attached hydrogens (tertiary/aromatic N) is 2. The second-order valence-electron chi connectivity index (χ2n) is 6.46. The van der Waals surface area contributed by atoms with Crippen molar-refractivity contribution >= 4 is 23.4 Å². The van der Waals surface area contributed by atoms with Crippen molar-refractivity contribution in [2.45, 2.75) is 0 Å². The average Bonchev–Trinajstić information content (AvgIpc) is 3.10. The lowest BCUT2D eigenvalue weighted by Gasteiger charge is -2.11. The van der Waals surface area contributed by atoms with Gasteiger partial charge in [0.05, 0.1) is 11.3 Å². The molecule has 4 heteroatoms. The number of ether oxygens (including phenoxy) is 1. The Labute approximate surface area is 170 Å². The Bertz CT molecular complexity index is 1090. The van der Waals surface area contributed by atoms with Crippen LogP contribution < -0.4 is 9.75 Å². The summed E-state index contributed by atoms with van der Waals surface area (Å²) < 4.78 is 5.76. The van der Waals surface area contributed by atoms with Crippen molar-refractivity contribution in [3.05, 3.63) is 114 Å². The maximum atomic E-state index is 13.3. The van der Waals surface area contributed by atoms with Gasteiger partial charge in [0, 0.05) is 11.1 Å². The van der Waals surface area contributed by atoms with E-state index in [1.165, 1.54) is 5.01 Å². The average molecular weight is 380 g/mol. The summed E-state index contributed by atoms with van der Waals surface area (Å²) >= 11 is 0. The molecule has 0 radical (unpaired) electrons. The summed E-state index contributed by atoms with van der Waals surface area (Å²) in [4.78, 5) is 13.3. The first kappa shape index (κ1) is 18.4. The largest absolute Gasteiger partial charge is 0.489 e. The molecule has 3 aromatic carbocycles. The molecular formula is C25H20N2O2. The van der Waals surface area contributed by atoms with E-state index in [1.54, 1.807) is 6.08 Å². The highest BCUT2D eigenvalue weighted by atomic mass is 16.5. The fourth-order valence-electron chi connectivity index (χ4n) is 3.13. The molecule has 0 N–H and O–H groups in total. The van der Waals surface area contributed by atoms with Gasteiger partial charge in [0.1, 0.15) is 18.1 Å². The van der Waals surface area contributed by atoms with Crippen molar-refractivity contribution in [3.8, 4) is 5.75 Å². The van der Waals surface area contributed by atoms with Gasteiger partial charge >= 0.3 is 0 Å². The predicted octanol–water partition coefficient (Wildman–Crippen LogP) is 5.09. The number of carbonyl (C=O) groups excluding carboxylic acids is 1. The Morgan fingerprint density at radius 2 is 1.55 bits per heavy atom. The second-order valence-corrected chi connectivity index (χ2v) is 6.46. The SMILES string of the molecule is C=CCOc1ccccc1/C=C1\C(=O)N(c2ccccc2)N=C1c1ccccc1. The summed E-state index contributed by atoms with van der Waals surface area (Å²) in [5, 5.41) is 6.10. The van der Waals surface area contributed by atoms with E-state index in [0.717, 1.165) is 16.8 Å². The zero-order valence-electron chi connectivity index (χ0n) is 15.9. The number of hydrogen-bond acceptors (Lipinski definition) is 3. The van der Waals surface area contributed by atoms with Crippen molar-refractivity contribution < 1.29 is 9.53 Å². The lowest BCUT2D eigenvalue weighted by molar-refractivity contribution is -0.114. The topological polar surface area (TPSA) is 41.9 Å². The second kappa shape index (κ2) is 8.40. The molecule has 29 heavy (non-hydrogen) atoms. The summed E-state index contributed by atoms with van der Waals surface area (Å²) in [6, 6.07) is 26.8. The highest BCUT2D eigenvalue weighted by Crippen LogP contribution is 2.29. The van der Waals surface area contributed by atoms with Gasteiger partial charge in [-0.1, -0.05) is 79.4 Å². The number of benzene rings is 3. The van der Waals surface area contributed by atoms with Gasteiger partial charge in [-0.3, -0.25) is 4.79 Å². The third-order valence-corrected chi connectivity index (χ3v) is 4.50. The minimum atomic E-state index is -0.173. The Balaban J connectivity index is 1.81. The van der Waals surface area contributed by atoms with Gasteiger partial charge in [-0.15, -0.1) is 0 Å². The fraction of sp³-hybridized carbons (Fsp3) is 0.0400. The van der Waals surface area contributed by atoms with E-state index in [4.69, 9.17) is 4.74 Å². The summed E-state index contributed by atoms with van der Waals surface area (Å²) in [5.41, 5.74) is 3.59. The Kier molecular flexibility index (Phi) is 5.34. The van der Waals surface area contributed by atoms with Crippen LogP contribution >= 0.6 is 0 Å². The molecule has 0 fully saturated rings. The first-order valence-corrected chi connectivity index (χ1v) is 9.36. The number of para-hydroxylation sites is 2. The first-order valence-electron chi connectivity index (χ1n) is 9.36. The van der Waals surface area contributed by atoms with Crippen LogP contribution in [0, 0.1) is 0 Å². The molecule has 0 spiro atoms. The lowest BCUT2D eigenvalue weighted by atomic mass is 10.00. The van der Waals surface area contributed by atoms with Crippen LogP contribution in [0.25, 0.3) is 6.08 Å². The third-order valence-electron chi connectivity index (χ3n) is 4.50. The van der Waals surface area contributed by atoms with Crippen LogP contribution in [0.4, 0.5) is 5.69 Å². The Morgan fingerprint density at radius 3 is 2.28 bits per heavy atom. The molecule has 1 aliphatic heterocycles. The molecule has 0 saturated heterocycles. The molecule has 0 saturated carbocycles. The van der Waals surface area contributed by atoms with E-state index in [2.05, 4.69) is 11.7 Å². The van der Waals surface area contributed by atoms with Gasteiger partial charge in [0.25, 0.3) is 5.91 Å². The minimum absolute atomic E-state index is 0.173. The van der Waals surface area contributed by atoms with Crippen molar-refractivity contribution in [2.24, 2.45) is 5.10 Å². The maximum absolute atomic E-state index is 13.3. The number of anilines is 1. The molecule has 4 nitrogen and oxygen atoms in total. The maximum Gasteiger partial charge on any atom is 0.281 e. The summed E-state index contributed by atoms with van der Waals surface area (Å²) in [6.07, 6.45) is 3.54. The summed E-state index contributed by atoms with van der Waals surface area (Å²) in [6.45, 7) is 4.09. The van der Waals surface area contributed by atoms with Gasteiger partial charge < -0.3 is 4.74 Å². The van der Waals surface area contributed by atoms with Crippen LogP contribution in [-0.4, -0.2) is 18.2 Å². The molecule has 0 atom stereocenters. The van der Waals surface area contributed by atoms with Crippen LogP contribution in [0.1, 0.15) is 11.1 Å². The highest BCUT2D eigenvalue weighted by Gasteiger charge is 2.32. The van der Waals surface area contributed by atoms with E-state index in [9.17, 15) is 4.79 Å². The smallest absolute Gasteiger partial charge is 0.281 e. The van der Waals surface area contributed by atoms with Gasteiger partial charge in [-0.2, -0.15) is 10.1 Å². The van der Waals surface area contributed by atoms with Crippen LogP contribution in [0.2, 0.25) is 0 Å². The molecule has 0 aromatic heterocycles. The number of rotatable bonds is 6. The molecule has 1 amide bonds. The summed E-state index contributed by atoms with van der Waals surface area (Å²) in [7, 11) is 0. The standard InChI is InChI=1S/C25H20N2O2/c1-2-17-29-23-16-10-9-13-20(23)18-22-24(19-11-5-3-6-12-19)26-27(25(22)28)21-14-7-4-8-15-21/h2-16,18H,1,17H2/b22-18-. The fourth-order valence-corrected chi connectivity index (χ4v) is 3.13. The molecule has 3 aromatic rings. The Hall–Kier alpha value is -3.92. The molecule has 1 aliphatic rings. The Morgan fingerprint density at radius 1 is 0.897 bits per heavy atom. The number of hydrogen-bond donors (Lipinski definition) is 0. The monoisotopic (exact) mass is 380 g/mol. The van der Waals surface area contributed by atoms with Crippen LogP contribution in [0.15, 0.2) is 108 Å². The molecule has 0 aliphatic carbocycles. The van der Waals surface area contributed by atoms with Gasteiger partial charge in [0.15, 0.2) is 0 Å². The lowest BCUT2D eigenvalue weighted by Crippen LogP contribution is -2.21. The zero-order chi connectivity index (χ0) is 20.1. The first-order chi connectivity index (χ1) is 14.3. The highest BCUT2D eigenvalue weighted by molar-refractivity contribution is 6.37. The van der Waals surface area contributed by atoms with Crippen LogP contribution in [-0.2, 0) is 4.79 Å². The van der Waals surface area contributed by atoms with Gasteiger partial charge in [0.2, 0.25) is 0 Å². The molecular weight excluding hydrogens is 360 g/mol. The third kappa shape index (κ3) is 3.87. The van der Waals surface area contributed by atoms with Gasteiger partial charge in [-0.25, -0.2) is 0 Å². The van der Waals surface area contributed by atoms with Crippen molar-refractivity contribution in [1.29, 1.82) is 0 Å². The van der Waals surface area contributed by atoms with E-state index in [0.29, 0.717) is 23.6 Å². The summed E-state index contributed by atoms with van der Waals surface area (Å²) in [5.74, 6) is 0.520. The zero-order valence-corrected chi connectivity index (χ0v) is 15.9. The van der Waals surface area contributed by atoms with Crippen molar-refractivity contribution in [2.75, 3.05) is 11.6 Å². The van der Waals surface area contributed by atoms with E-state index in [-0.39, 0.29) is 5.91 Å². The minimum Gasteiger partial charge on any atom is -0.489 e. The molecule has 4 rings (SSSR count). The number of carbonyl (C=O) groups is 1. The number of amides is 1. The molecule has 142 valence electrons. The quantitative estimate of drug-likeness (QED) is 0.442. The van der Waals surface area contributed by atoms with E-state index < -0.39 is 0 Å². The predicted molar refractivity (Wildman–Crippen MR) is 117 cm³/mol. The molecule has 0 bridgehead atoms. The molecule has 0 unspecified atom stereocenters. The normalized spacial score (nSPS) is 14.8. The number of hydrazone groups is 1. The van der Waals surface area contributed by atoms with E-state index >= 15 is 0 Å². The van der Waals surface area contributed by atoms with Crippen molar-refractivity contribution in [1.82, 2.24) is 0 Å². The van der Waals surface area contributed by atoms with Crippen LogP contribution in [0.3, 0.4) is 0 Å².